The molecule has 0 aliphatic heterocycles. The van der Waals surface area contributed by atoms with Crippen molar-refractivity contribution in [2.45, 2.75) is 13.2 Å². The molecule has 4 heteroatoms. The number of hydrogen-bond donors (Lipinski definition) is 0. The number of rotatable bonds is 8. The van der Waals surface area contributed by atoms with Gasteiger partial charge in [0.15, 0.2) is 0 Å². The maximum atomic E-state index is 5.72. The van der Waals surface area contributed by atoms with E-state index in [4.69, 9.17) is 9.47 Å². The molecule has 0 aromatic heterocycles. The molecule has 0 radical (unpaired) electrons. The van der Waals surface area contributed by atoms with Gasteiger partial charge in [-0.3, -0.25) is 0 Å². The van der Waals surface area contributed by atoms with Crippen molar-refractivity contribution in [2.24, 2.45) is 0 Å². The summed E-state index contributed by atoms with van der Waals surface area (Å²) < 4.78 is 13.6. The fourth-order valence-corrected chi connectivity index (χ4v) is 2.47. The molecule has 2 nitrogen and oxygen atoms in total. The lowest BCUT2D eigenvalue weighted by atomic mass is 10.2. The van der Waals surface area contributed by atoms with Gasteiger partial charge in [0, 0.05) is 8.06 Å². The lowest BCUT2D eigenvalue weighted by molar-refractivity contribution is 0.138. The second-order valence-corrected chi connectivity index (χ2v) is 7.03. The van der Waals surface area contributed by atoms with Crippen LogP contribution in [0.4, 0.5) is 0 Å². The standard InChI is InChI=1S/C18H18BrIO2/c19-17(13-21-11-15-7-3-1-4-8-15)18(20)14-22-12-16-9-5-2-6-10-16/h1-10H,11-14H2/b18-17+. The van der Waals surface area contributed by atoms with E-state index < -0.39 is 0 Å². The van der Waals surface area contributed by atoms with E-state index in [1.54, 1.807) is 0 Å². The largest absolute Gasteiger partial charge is 0.372 e. The molecule has 0 bridgehead atoms. The highest BCUT2D eigenvalue weighted by Crippen LogP contribution is 2.20. The SMILES string of the molecule is Br/C(COCc1ccccc1)=C(/I)COCc1ccccc1. The zero-order valence-electron chi connectivity index (χ0n) is 12.2. The molecule has 0 fully saturated rings. The topological polar surface area (TPSA) is 18.5 Å². The van der Waals surface area contributed by atoms with Crippen molar-refractivity contribution >= 4 is 38.5 Å². The van der Waals surface area contributed by atoms with Crippen LogP contribution in [-0.2, 0) is 22.7 Å². The predicted molar refractivity (Wildman–Crippen MR) is 102 cm³/mol. The van der Waals surface area contributed by atoms with E-state index in [0.29, 0.717) is 26.4 Å². The highest BCUT2D eigenvalue weighted by Gasteiger charge is 2.03. The summed E-state index contributed by atoms with van der Waals surface area (Å²) in [5.74, 6) is 0. The van der Waals surface area contributed by atoms with Crippen molar-refractivity contribution in [2.75, 3.05) is 13.2 Å². The van der Waals surface area contributed by atoms with Gasteiger partial charge in [0.25, 0.3) is 0 Å². The van der Waals surface area contributed by atoms with Crippen LogP contribution in [0, 0.1) is 0 Å². The number of halogens is 2. The van der Waals surface area contributed by atoms with E-state index in [1.807, 2.05) is 36.4 Å². The Labute approximate surface area is 153 Å². The minimum atomic E-state index is 0.557. The van der Waals surface area contributed by atoms with Crippen molar-refractivity contribution in [1.82, 2.24) is 0 Å². The normalized spacial score (nSPS) is 12.1. The molecular formula is C18H18BrIO2. The second kappa shape index (κ2) is 10.2. The quantitative estimate of drug-likeness (QED) is 0.475. The van der Waals surface area contributed by atoms with Crippen molar-refractivity contribution in [3.63, 3.8) is 0 Å². The average Bonchev–Trinajstić information content (AvgIpc) is 2.56. The van der Waals surface area contributed by atoms with Gasteiger partial charge >= 0.3 is 0 Å². The van der Waals surface area contributed by atoms with Gasteiger partial charge in [-0.15, -0.1) is 0 Å². The van der Waals surface area contributed by atoms with Crippen LogP contribution in [0.2, 0.25) is 0 Å². The van der Waals surface area contributed by atoms with E-state index in [-0.39, 0.29) is 0 Å². The lowest BCUT2D eigenvalue weighted by Gasteiger charge is -2.08. The van der Waals surface area contributed by atoms with Gasteiger partial charge < -0.3 is 9.47 Å². The minimum Gasteiger partial charge on any atom is -0.372 e. The van der Waals surface area contributed by atoms with Crippen molar-refractivity contribution < 1.29 is 9.47 Å². The summed E-state index contributed by atoms with van der Waals surface area (Å²) in [6.07, 6.45) is 0. The first kappa shape index (κ1) is 17.7. The molecule has 0 aliphatic carbocycles. The van der Waals surface area contributed by atoms with Gasteiger partial charge in [0.2, 0.25) is 0 Å². The van der Waals surface area contributed by atoms with Crippen LogP contribution in [0.1, 0.15) is 11.1 Å². The molecule has 0 saturated heterocycles. The van der Waals surface area contributed by atoms with Gasteiger partial charge in [-0.1, -0.05) is 76.6 Å². The number of hydrogen-bond acceptors (Lipinski definition) is 2. The summed E-state index contributed by atoms with van der Waals surface area (Å²) >= 11 is 5.86. The first-order valence-corrected chi connectivity index (χ1v) is 8.89. The van der Waals surface area contributed by atoms with Crippen LogP contribution >= 0.6 is 38.5 Å². The van der Waals surface area contributed by atoms with Gasteiger partial charge in [-0.2, -0.15) is 0 Å². The maximum absolute atomic E-state index is 5.72. The van der Waals surface area contributed by atoms with E-state index in [0.717, 1.165) is 8.06 Å². The smallest absolute Gasteiger partial charge is 0.0794 e. The minimum absolute atomic E-state index is 0.557. The van der Waals surface area contributed by atoms with Gasteiger partial charge in [0.05, 0.1) is 26.4 Å². The Bertz CT molecular complexity index is 531. The highest BCUT2D eigenvalue weighted by molar-refractivity contribution is 14.1. The van der Waals surface area contributed by atoms with Crippen molar-refractivity contribution in [3.05, 3.63) is 79.9 Å². The summed E-state index contributed by atoms with van der Waals surface area (Å²) in [4.78, 5) is 0. The molecule has 0 heterocycles. The van der Waals surface area contributed by atoms with Crippen LogP contribution in [-0.4, -0.2) is 13.2 Å². The second-order valence-electron chi connectivity index (χ2n) is 4.77. The fraction of sp³-hybridized carbons (Fsp3) is 0.222. The molecule has 22 heavy (non-hydrogen) atoms. The molecule has 0 unspecified atom stereocenters. The Kier molecular flexibility index (Phi) is 8.15. The molecule has 2 aromatic carbocycles. The zero-order valence-corrected chi connectivity index (χ0v) is 15.9. The zero-order chi connectivity index (χ0) is 15.6. The van der Waals surface area contributed by atoms with Crippen molar-refractivity contribution in [1.29, 1.82) is 0 Å². The highest BCUT2D eigenvalue weighted by atomic mass is 127. The molecule has 0 atom stereocenters. The van der Waals surface area contributed by atoms with E-state index in [2.05, 4.69) is 62.8 Å². The number of ether oxygens (including phenoxy) is 2. The summed E-state index contributed by atoms with van der Waals surface area (Å²) in [6, 6.07) is 20.3. The van der Waals surface area contributed by atoms with E-state index in [9.17, 15) is 0 Å². The summed E-state index contributed by atoms with van der Waals surface area (Å²) in [5, 5.41) is 0. The molecule has 0 N–H and O–H groups in total. The van der Waals surface area contributed by atoms with E-state index in [1.165, 1.54) is 11.1 Å². The van der Waals surface area contributed by atoms with Crippen LogP contribution < -0.4 is 0 Å². The molecule has 116 valence electrons. The molecule has 0 amide bonds. The van der Waals surface area contributed by atoms with Crippen molar-refractivity contribution in [3.8, 4) is 0 Å². The lowest BCUT2D eigenvalue weighted by Crippen LogP contribution is -2.00. The Hall–Kier alpha value is -0.690. The van der Waals surface area contributed by atoms with Gasteiger partial charge in [-0.25, -0.2) is 0 Å². The third-order valence-electron chi connectivity index (χ3n) is 2.98. The van der Waals surface area contributed by atoms with E-state index >= 15 is 0 Å². The first-order chi connectivity index (χ1) is 10.8. The van der Waals surface area contributed by atoms with Gasteiger partial charge in [-0.05, 0) is 33.7 Å². The molecule has 0 spiro atoms. The fourth-order valence-electron chi connectivity index (χ4n) is 1.82. The Morgan fingerprint density at radius 1 is 0.773 bits per heavy atom. The van der Waals surface area contributed by atoms with Crippen LogP contribution in [0.25, 0.3) is 0 Å². The maximum Gasteiger partial charge on any atom is 0.0794 e. The molecule has 0 aliphatic rings. The summed E-state index contributed by atoms with van der Waals surface area (Å²) in [7, 11) is 0. The van der Waals surface area contributed by atoms with Crippen LogP contribution in [0.3, 0.4) is 0 Å². The molecule has 2 rings (SSSR count). The van der Waals surface area contributed by atoms with Gasteiger partial charge in [0.1, 0.15) is 0 Å². The van der Waals surface area contributed by atoms with Crippen LogP contribution in [0.5, 0.6) is 0 Å². The third kappa shape index (κ3) is 6.60. The Morgan fingerprint density at radius 3 is 1.73 bits per heavy atom. The molecule has 2 aromatic rings. The number of benzene rings is 2. The average molecular weight is 473 g/mol. The third-order valence-corrected chi connectivity index (χ3v) is 5.39. The molecular weight excluding hydrogens is 455 g/mol. The monoisotopic (exact) mass is 472 g/mol. The Morgan fingerprint density at radius 2 is 1.23 bits per heavy atom. The Balaban J connectivity index is 1.70. The molecule has 0 saturated carbocycles. The summed E-state index contributed by atoms with van der Waals surface area (Å²) in [5.41, 5.74) is 2.36. The summed E-state index contributed by atoms with van der Waals surface area (Å²) in [6.45, 7) is 2.38. The van der Waals surface area contributed by atoms with Crippen LogP contribution in [0.15, 0.2) is 68.7 Å². The predicted octanol–water partition coefficient (Wildman–Crippen LogP) is 5.46. The first-order valence-electron chi connectivity index (χ1n) is 7.02.